The predicted molar refractivity (Wildman–Crippen MR) is 88.6 cm³/mol. The first-order valence-corrected chi connectivity index (χ1v) is 8.05. The fourth-order valence-electron chi connectivity index (χ4n) is 2.94. The molecule has 1 aliphatic rings. The number of nitrogens with zero attached hydrogens (tertiary/aromatic N) is 1. The van der Waals surface area contributed by atoms with Gasteiger partial charge in [-0.25, -0.2) is 0 Å². The smallest absolute Gasteiger partial charge is 0.254 e. The van der Waals surface area contributed by atoms with E-state index < -0.39 is 0 Å². The molecule has 1 heterocycles. The van der Waals surface area contributed by atoms with Crippen molar-refractivity contribution in [3.05, 3.63) is 69.7 Å². The van der Waals surface area contributed by atoms with Crippen LogP contribution in [0.25, 0.3) is 0 Å². The van der Waals surface area contributed by atoms with E-state index in [2.05, 4.69) is 40.2 Å². The molecule has 1 unspecified atom stereocenters. The zero-order valence-corrected chi connectivity index (χ0v) is 13.6. The molecule has 2 aromatic carbocycles. The van der Waals surface area contributed by atoms with Gasteiger partial charge in [-0.05, 0) is 36.6 Å². The fourth-order valence-corrected chi connectivity index (χ4v) is 3.30. The minimum absolute atomic E-state index is 0.146. The van der Waals surface area contributed by atoms with Gasteiger partial charge in [0.25, 0.3) is 5.91 Å². The first kappa shape index (κ1) is 14.3. The quantitative estimate of drug-likeness (QED) is 0.791. The van der Waals surface area contributed by atoms with Gasteiger partial charge in [-0.3, -0.25) is 4.79 Å². The minimum Gasteiger partial charge on any atom is -0.338 e. The van der Waals surface area contributed by atoms with Crippen LogP contribution in [-0.4, -0.2) is 23.9 Å². The Hall–Kier alpha value is -1.61. The molecule has 1 aliphatic heterocycles. The Morgan fingerprint density at radius 1 is 1.19 bits per heavy atom. The highest BCUT2D eigenvalue weighted by Gasteiger charge is 2.28. The summed E-state index contributed by atoms with van der Waals surface area (Å²) in [6, 6.07) is 16.4. The van der Waals surface area contributed by atoms with Gasteiger partial charge in [0.05, 0.1) is 0 Å². The molecule has 2 nitrogen and oxygen atoms in total. The van der Waals surface area contributed by atoms with Gasteiger partial charge < -0.3 is 4.90 Å². The largest absolute Gasteiger partial charge is 0.338 e. The number of halogens is 1. The van der Waals surface area contributed by atoms with E-state index in [1.165, 1.54) is 5.56 Å². The van der Waals surface area contributed by atoms with Crippen LogP contribution < -0.4 is 0 Å². The van der Waals surface area contributed by atoms with Gasteiger partial charge in [-0.2, -0.15) is 0 Å². The number of aryl methyl sites for hydroxylation is 1. The van der Waals surface area contributed by atoms with Gasteiger partial charge in [-0.15, -0.1) is 0 Å². The number of carbonyl (C=O) groups excluding carboxylic acids is 1. The van der Waals surface area contributed by atoms with E-state index in [9.17, 15) is 4.79 Å². The topological polar surface area (TPSA) is 20.3 Å². The van der Waals surface area contributed by atoms with Crippen molar-refractivity contribution in [2.45, 2.75) is 19.3 Å². The van der Waals surface area contributed by atoms with E-state index >= 15 is 0 Å². The summed E-state index contributed by atoms with van der Waals surface area (Å²) in [4.78, 5) is 14.7. The molecular formula is C18H18BrNO. The molecule has 0 saturated carbocycles. The fraction of sp³-hybridized carbons (Fsp3) is 0.278. The average molecular weight is 344 g/mol. The third-order valence-electron chi connectivity index (χ3n) is 4.18. The Kier molecular flexibility index (Phi) is 4.11. The second-order valence-electron chi connectivity index (χ2n) is 5.61. The monoisotopic (exact) mass is 343 g/mol. The lowest BCUT2D eigenvalue weighted by molar-refractivity contribution is 0.0790. The molecule has 1 amide bonds. The van der Waals surface area contributed by atoms with Gasteiger partial charge in [0.2, 0.25) is 0 Å². The van der Waals surface area contributed by atoms with Crippen molar-refractivity contribution in [3.8, 4) is 0 Å². The lowest BCUT2D eigenvalue weighted by Gasteiger charge is -2.18. The SMILES string of the molecule is Cc1ccc(Br)cc1C(=O)N1CCC(c2ccccc2)C1. The van der Waals surface area contributed by atoms with Crippen LogP contribution in [0.4, 0.5) is 0 Å². The summed E-state index contributed by atoms with van der Waals surface area (Å²) in [7, 11) is 0. The van der Waals surface area contributed by atoms with Crippen molar-refractivity contribution in [2.24, 2.45) is 0 Å². The Morgan fingerprint density at radius 3 is 2.71 bits per heavy atom. The molecule has 0 bridgehead atoms. The molecule has 0 aromatic heterocycles. The summed E-state index contributed by atoms with van der Waals surface area (Å²) >= 11 is 3.45. The molecule has 0 aliphatic carbocycles. The maximum atomic E-state index is 12.7. The second-order valence-corrected chi connectivity index (χ2v) is 6.52. The van der Waals surface area contributed by atoms with Gasteiger partial charge in [0, 0.05) is 29.0 Å². The molecule has 2 aromatic rings. The lowest BCUT2D eigenvalue weighted by atomic mass is 9.99. The van der Waals surface area contributed by atoms with Crippen LogP contribution in [0.1, 0.15) is 33.8 Å². The van der Waals surface area contributed by atoms with Gasteiger partial charge >= 0.3 is 0 Å². The van der Waals surface area contributed by atoms with Gasteiger partial charge in [-0.1, -0.05) is 52.3 Å². The first-order chi connectivity index (χ1) is 10.1. The van der Waals surface area contributed by atoms with Crippen molar-refractivity contribution < 1.29 is 4.79 Å². The highest BCUT2D eigenvalue weighted by Crippen LogP contribution is 2.28. The molecule has 0 N–H and O–H groups in total. The van der Waals surface area contributed by atoms with E-state index in [1.807, 2.05) is 36.1 Å². The maximum absolute atomic E-state index is 12.7. The van der Waals surface area contributed by atoms with E-state index in [4.69, 9.17) is 0 Å². The normalized spacial score (nSPS) is 18.0. The Labute approximate surface area is 133 Å². The van der Waals surface area contributed by atoms with Crippen LogP contribution in [0.5, 0.6) is 0 Å². The van der Waals surface area contributed by atoms with E-state index in [-0.39, 0.29) is 5.91 Å². The van der Waals surface area contributed by atoms with Crippen LogP contribution in [0, 0.1) is 6.92 Å². The zero-order valence-electron chi connectivity index (χ0n) is 12.1. The van der Waals surface area contributed by atoms with Crippen LogP contribution in [0.3, 0.4) is 0 Å². The molecule has 21 heavy (non-hydrogen) atoms. The van der Waals surface area contributed by atoms with Crippen molar-refractivity contribution in [2.75, 3.05) is 13.1 Å². The van der Waals surface area contributed by atoms with Crippen molar-refractivity contribution in [3.63, 3.8) is 0 Å². The maximum Gasteiger partial charge on any atom is 0.254 e. The summed E-state index contributed by atoms with van der Waals surface area (Å²) in [6.45, 7) is 3.64. The number of hydrogen-bond acceptors (Lipinski definition) is 1. The predicted octanol–water partition coefficient (Wildman–Crippen LogP) is 4.39. The highest BCUT2D eigenvalue weighted by atomic mass is 79.9. The minimum atomic E-state index is 0.146. The average Bonchev–Trinajstić information content (AvgIpc) is 3.00. The Bertz CT molecular complexity index is 654. The Morgan fingerprint density at radius 2 is 1.95 bits per heavy atom. The number of benzene rings is 2. The van der Waals surface area contributed by atoms with Crippen molar-refractivity contribution >= 4 is 21.8 Å². The molecule has 3 rings (SSSR count). The molecule has 1 fully saturated rings. The van der Waals surface area contributed by atoms with Crippen LogP contribution >= 0.6 is 15.9 Å². The molecule has 1 saturated heterocycles. The number of rotatable bonds is 2. The number of carbonyl (C=O) groups is 1. The molecule has 1 atom stereocenters. The number of amides is 1. The first-order valence-electron chi connectivity index (χ1n) is 7.25. The summed E-state index contributed by atoms with van der Waals surface area (Å²) in [5.74, 6) is 0.606. The third kappa shape index (κ3) is 3.03. The number of hydrogen-bond donors (Lipinski definition) is 0. The summed E-state index contributed by atoms with van der Waals surface area (Å²) in [6.07, 6.45) is 1.04. The van der Waals surface area contributed by atoms with Crippen LogP contribution in [-0.2, 0) is 0 Å². The van der Waals surface area contributed by atoms with Crippen LogP contribution in [0.15, 0.2) is 53.0 Å². The number of likely N-dealkylation sites (tertiary alicyclic amines) is 1. The van der Waals surface area contributed by atoms with Crippen molar-refractivity contribution in [1.29, 1.82) is 0 Å². The van der Waals surface area contributed by atoms with E-state index in [0.717, 1.165) is 35.1 Å². The van der Waals surface area contributed by atoms with Crippen molar-refractivity contribution in [1.82, 2.24) is 4.90 Å². The molecule has 108 valence electrons. The van der Waals surface area contributed by atoms with Crippen LogP contribution in [0.2, 0.25) is 0 Å². The summed E-state index contributed by atoms with van der Waals surface area (Å²) in [5.41, 5.74) is 3.17. The standard InChI is InChI=1S/C18H18BrNO/c1-13-7-8-16(19)11-17(13)18(21)20-10-9-15(12-20)14-5-3-2-4-6-14/h2-8,11,15H,9-10,12H2,1H3. The second kappa shape index (κ2) is 6.02. The highest BCUT2D eigenvalue weighted by molar-refractivity contribution is 9.10. The molecule has 0 radical (unpaired) electrons. The lowest BCUT2D eigenvalue weighted by Crippen LogP contribution is -2.29. The van der Waals surface area contributed by atoms with Gasteiger partial charge in [0.15, 0.2) is 0 Å². The van der Waals surface area contributed by atoms with E-state index in [1.54, 1.807) is 0 Å². The third-order valence-corrected chi connectivity index (χ3v) is 4.67. The Balaban J connectivity index is 1.77. The molecule has 3 heteroatoms. The molecule has 0 spiro atoms. The summed E-state index contributed by atoms with van der Waals surface area (Å²) in [5, 5.41) is 0. The van der Waals surface area contributed by atoms with E-state index in [0.29, 0.717) is 5.92 Å². The molecular weight excluding hydrogens is 326 g/mol. The summed E-state index contributed by atoms with van der Waals surface area (Å²) < 4.78 is 0.954. The van der Waals surface area contributed by atoms with Gasteiger partial charge in [0.1, 0.15) is 0 Å². The zero-order chi connectivity index (χ0) is 14.8.